The summed E-state index contributed by atoms with van der Waals surface area (Å²) in [6, 6.07) is 3.23. The summed E-state index contributed by atoms with van der Waals surface area (Å²) in [4.78, 5) is 30.5. The van der Waals surface area contributed by atoms with Gasteiger partial charge in [0.05, 0.1) is 5.56 Å². The van der Waals surface area contributed by atoms with Crippen LogP contribution in [0.15, 0.2) is 23.4 Å². The fraction of sp³-hybridized carbons (Fsp3) is 0.632. The summed E-state index contributed by atoms with van der Waals surface area (Å²) >= 11 is 0.286. The quantitative estimate of drug-likeness (QED) is 0.725. The summed E-state index contributed by atoms with van der Waals surface area (Å²) in [6.07, 6.45) is 8.30. The van der Waals surface area contributed by atoms with E-state index in [-0.39, 0.29) is 46.4 Å². The van der Waals surface area contributed by atoms with Crippen molar-refractivity contribution in [3.05, 3.63) is 23.9 Å². The molecule has 1 saturated heterocycles. The molecule has 1 aliphatic heterocycles. The molecular weight excluding hydrogens is 386 g/mol. The van der Waals surface area contributed by atoms with Crippen LogP contribution in [0.25, 0.3) is 0 Å². The van der Waals surface area contributed by atoms with Gasteiger partial charge in [0.15, 0.2) is 0 Å². The van der Waals surface area contributed by atoms with Gasteiger partial charge in [0, 0.05) is 31.4 Å². The molecule has 1 saturated carbocycles. The van der Waals surface area contributed by atoms with E-state index >= 15 is 0 Å². The predicted octanol–water partition coefficient (Wildman–Crippen LogP) is 3.63. The molecule has 0 aromatic carbocycles. The molecule has 0 radical (unpaired) electrons. The molecule has 2 heterocycles. The van der Waals surface area contributed by atoms with Crippen LogP contribution >= 0.6 is 11.8 Å². The van der Waals surface area contributed by atoms with Gasteiger partial charge in [-0.1, -0.05) is 19.3 Å². The van der Waals surface area contributed by atoms with E-state index in [0.717, 1.165) is 25.7 Å². The van der Waals surface area contributed by atoms with E-state index in [1.165, 1.54) is 18.7 Å². The van der Waals surface area contributed by atoms with E-state index in [9.17, 15) is 18.4 Å². The number of nitrogens with zero attached hydrogens (tertiary/aromatic N) is 2. The molecular formula is C19H26F2N4O2S. The number of hydrogen-bond donors (Lipinski definition) is 2. The van der Waals surface area contributed by atoms with Gasteiger partial charge in [-0.3, -0.25) is 4.79 Å². The summed E-state index contributed by atoms with van der Waals surface area (Å²) in [5.41, 5.74) is 0.203. The van der Waals surface area contributed by atoms with E-state index in [0.29, 0.717) is 25.9 Å². The number of nitrogens with one attached hydrogen (secondary N) is 2. The third-order valence-corrected chi connectivity index (χ3v) is 5.99. The van der Waals surface area contributed by atoms with Crippen molar-refractivity contribution in [3.63, 3.8) is 0 Å². The fourth-order valence-corrected chi connectivity index (χ4v) is 4.36. The summed E-state index contributed by atoms with van der Waals surface area (Å²) in [5, 5.41) is 6.09. The molecule has 0 bridgehead atoms. The highest BCUT2D eigenvalue weighted by Gasteiger charge is 2.27. The van der Waals surface area contributed by atoms with Gasteiger partial charge in [0.25, 0.3) is 11.7 Å². The highest BCUT2D eigenvalue weighted by molar-refractivity contribution is 7.99. The maximum absolute atomic E-state index is 12.7. The Balaban J connectivity index is 1.48. The molecule has 2 aliphatic rings. The van der Waals surface area contributed by atoms with Crippen molar-refractivity contribution in [1.82, 2.24) is 20.5 Å². The minimum absolute atomic E-state index is 0.0106. The van der Waals surface area contributed by atoms with Crippen LogP contribution in [0.4, 0.5) is 13.6 Å². The second kappa shape index (κ2) is 10.0. The van der Waals surface area contributed by atoms with Crippen molar-refractivity contribution in [2.75, 3.05) is 13.1 Å². The van der Waals surface area contributed by atoms with Crippen molar-refractivity contribution in [2.45, 2.75) is 67.8 Å². The molecule has 1 aromatic rings. The van der Waals surface area contributed by atoms with E-state index < -0.39 is 5.76 Å². The van der Waals surface area contributed by atoms with Crippen LogP contribution in [0.2, 0.25) is 0 Å². The highest BCUT2D eigenvalue weighted by Crippen LogP contribution is 2.27. The summed E-state index contributed by atoms with van der Waals surface area (Å²) in [7, 11) is 0. The maximum Gasteiger partial charge on any atom is 0.315 e. The molecule has 3 amide bonds. The smallest absolute Gasteiger partial charge is 0.315 e. The van der Waals surface area contributed by atoms with Crippen LogP contribution in [0.3, 0.4) is 0 Å². The predicted molar refractivity (Wildman–Crippen MR) is 104 cm³/mol. The molecule has 6 nitrogen and oxygen atoms in total. The Hall–Kier alpha value is -1.90. The number of piperidine rings is 1. The lowest BCUT2D eigenvalue weighted by Gasteiger charge is -2.33. The molecule has 0 spiro atoms. The average molecular weight is 413 g/mol. The van der Waals surface area contributed by atoms with Crippen LogP contribution < -0.4 is 10.6 Å². The number of likely N-dealkylation sites (tertiary alicyclic amines) is 1. The van der Waals surface area contributed by atoms with Crippen molar-refractivity contribution < 1.29 is 18.4 Å². The zero-order valence-corrected chi connectivity index (χ0v) is 16.5. The molecule has 2 N–H and O–H groups in total. The zero-order valence-electron chi connectivity index (χ0n) is 15.7. The molecule has 1 aliphatic carbocycles. The second-order valence-corrected chi connectivity index (χ2v) is 8.23. The second-order valence-electron chi connectivity index (χ2n) is 7.25. The third-order valence-electron chi connectivity index (χ3n) is 5.26. The first-order valence-corrected chi connectivity index (χ1v) is 10.7. The molecule has 9 heteroatoms. The zero-order chi connectivity index (χ0) is 19.9. The van der Waals surface area contributed by atoms with Crippen molar-refractivity contribution in [2.24, 2.45) is 0 Å². The molecule has 154 valence electrons. The number of carbonyl (C=O) groups is 2. The van der Waals surface area contributed by atoms with Gasteiger partial charge < -0.3 is 15.5 Å². The first-order chi connectivity index (χ1) is 13.5. The Kier molecular flexibility index (Phi) is 7.47. The van der Waals surface area contributed by atoms with Crippen molar-refractivity contribution in [3.8, 4) is 0 Å². The number of alkyl halides is 2. The first kappa shape index (κ1) is 20.8. The van der Waals surface area contributed by atoms with Gasteiger partial charge in [-0.05, 0) is 49.6 Å². The Labute approximate surface area is 167 Å². The number of halogens is 2. The summed E-state index contributed by atoms with van der Waals surface area (Å²) < 4.78 is 25.4. The van der Waals surface area contributed by atoms with E-state index in [1.54, 1.807) is 11.0 Å². The maximum atomic E-state index is 12.7. The molecule has 2 fully saturated rings. The number of thioether (sulfide) groups is 1. The van der Waals surface area contributed by atoms with Crippen LogP contribution in [-0.2, 0) is 0 Å². The minimum atomic E-state index is -2.63. The summed E-state index contributed by atoms with van der Waals surface area (Å²) in [6.45, 7) is 0.946. The molecule has 0 atom stereocenters. The van der Waals surface area contributed by atoms with Gasteiger partial charge in [0.1, 0.15) is 5.03 Å². The van der Waals surface area contributed by atoms with Gasteiger partial charge in [-0.2, -0.15) is 8.78 Å². The number of carbonyl (C=O) groups excluding carboxylic acids is 2. The monoisotopic (exact) mass is 412 g/mol. The number of aromatic nitrogens is 1. The van der Waals surface area contributed by atoms with Gasteiger partial charge in [-0.25, -0.2) is 9.78 Å². The number of pyridine rings is 1. The van der Waals surface area contributed by atoms with Crippen molar-refractivity contribution in [1.29, 1.82) is 0 Å². The fourth-order valence-electron chi connectivity index (χ4n) is 3.79. The van der Waals surface area contributed by atoms with E-state index in [4.69, 9.17) is 0 Å². The van der Waals surface area contributed by atoms with Crippen LogP contribution in [-0.4, -0.2) is 52.8 Å². The number of amides is 3. The number of hydrogen-bond acceptors (Lipinski definition) is 4. The standard InChI is InChI=1S/C19H26F2N4O2S/c20-18(21)28-16-15(7-4-10-22-16)17(26)25-11-8-14(9-12-25)24-19(27)23-13-5-2-1-3-6-13/h4,7,10,13-14,18H,1-3,5-6,8-9,11-12H2,(H2,23,24,27). The number of urea groups is 1. The Morgan fingerprint density at radius 2 is 1.71 bits per heavy atom. The molecule has 28 heavy (non-hydrogen) atoms. The summed E-state index contributed by atoms with van der Waals surface area (Å²) in [5.74, 6) is -2.92. The SMILES string of the molecule is O=C(NC1CCCCC1)NC1CCN(C(=O)c2cccnc2SC(F)F)CC1. The molecule has 1 aromatic heterocycles. The molecule has 0 unspecified atom stereocenters. The first-order valence-electron chi connectivity index (χ1n) is 9.79. The number of rotatable bonds is 5. The van der Waals surface area contributed by atoms with E-state index in [1.807, 2.05) is 0 Å². The lowest BCUT2D eigenvalue weighted by atomic mass is 9.96. The lowest BCUT2D eigenvalue weighted by Crippen LogP contribution is -2.51. The largest absolute Gasteiger partial charge is 0.338 e. The molecule has 3 rings (SSSR count). The highest BCUT2D eigenvalue weighted by atomic mass is 32.2. The normalized spacial score (nSPS) is 18.9. The van der Waals surface area contributed by atoms with Crippen LogP contribution in [0.5, 0.6) is 0 Å². The van der Waals surface area contributed by atoms with Crippen LogP contribution in [0.1, 0.15) is 55.3 Å². The Morgan fingerprint density at radius 3 is 2.36 bits per heavy atom. The topological polar surface area (TPSA) is 74.3 Å². The average Bonchev–Trinajstić information content (AvgIpc) is 2.69. The third kappa shape index (κ3) is 5.80. The minimum Gasteiger partial charge on any atom is -0.338 e. The van der Waals surface area contributed by atoms with Gasteiger partial charge in [0.2, 0.25) is 0 Å². The van der Waals surface area contributed by atoms with Gasteiger partial charge in [-0.15, -0.1) is 0 Å². The van der Waals surface area contributed by atoms with Crippen molar-refractivity contribution >= 4 is 23.7 Å². The van der Waals surface area contributed by atoms with Gasteiger partial charge >= 0.3 is 6.03 Å². The Morgan fingerprint density at radius 1 is 1.07 bits per heavy atom. The van der Waals surface area contributed by atoms with Crippen LogP contribution in [0, 0.1) is 0 Å². The Bertz CT molecular complexity index is 678. The lowest BCUT2D eigenvalue weighted by molar-refractivity contribution is 0.0704. The van der Waals surface area contributed by atoms with E-state index in [2.05, 4.69) is 15.6 Å².